The van der Waals surface area contributed by atoms with E-state index in [0.29, 0.717) is 17.1 Å². The first-order valence-corrected chi connectivity index (χ1v) is 9.22. The predicted octanol–water partition coefficient (Wildman–Crippen LogP) is 3.45. The number of carbonyl (C=O) groups excluding carboxylic acids is 2. The van der Waals surface area contributed by atoms with E-state index in [1.165, 1.54) is 25.6 Å². The second-order valence-electron chi connectivity index (χ2n) is 6.80. The Morgan fingerprint density at radius 1 is 1.07 bits per heavy atom. The van der Waals surface area contributed by atoms with Crippen molar-refractivity contribution in [3.63, 3.8) is 0 Å². The van der Waals surface area contributed by atoms with Crippen LogP contribution in [0.1, 0.15) is 36.0 Å². The van der Waals surface area contributed by atoms with Gasteiger partial charge in [0.05, 0.1) is 14.2 Å². The van der Waals surface area contributed by atoms with E-state index in [0.717, 1.165) is 4.88 Å². The van der Waals surface area contributed by atoms with Crippen molar-refractivity contribution < 1.29 is 19.1 Å². The van der Waals surface area contributed by atoms with Crippen molar-refractivity contribution in [2.75, 3.05) is 14.2 Å². The molecule has 0 spiro atoms. The van der Waals surface area contributed by atoms with Gasteiger partial charge in [-0.1, -0.05) is 6.07 Å². The summed E-state index contributed by atoms with van der Waals surface area (Å²) >= 11 is 1.48. The van der Waals surface area contributed by atoms with Gasteiger partial charge in [-0.25, -0.2) is 0 Å². The van der Waals surface area contributed by atoms with Gasteiger partial charge in [0.15, 0.2) is 11.5 Å². The molecule has 0 unspecified atom stereocenters. The lowest BCUT2D eigenvalue weighted by Gasteiger charge is -2.22. The number of hydrogen-bond acceptors (Lipinski definition) is 5. The van der Waals surface area contributed by atoms with Crippen LogP contribution in [-0.2, 0) is 4.79 Å². The van der Waals surface area contributed by atoms with Gasteiger partial charge in [0.2, 0.25) is 0 Å². The van der Waals surface area contributed by atoms with Crippen LogP contribution in [0.25, 0.3) is 6.08 Å². The van der Waals surface area contributed by atoms with E-state index in [2.05, 4.69) is 10.6 Å². The fourth-order valence-corrected chi connectivity index (χ4v) is 2.91. The Kier molecular flexibility index (Phi) is 6.63. The first-order valence-electron chi connectivity index (χ1n) is 8.34. The maximum Gasteiger partial charge on any atom is 0.268 e. The summed E-state index contributed by atoms with van der Waals surface area (Å²) in [4.78, 5) is 26.2. The first-order chi connectivity index (χ1) is 12.7. The molecule has 0 radical (unpaired) electrons. The fourth-order valence-electron chi connectivity index (χ4n) is 2.25. The predicted molar refractivity (Wildman–Crippen MR) is 107 cm³/mol. The van der Waals surface area contributed by atoms with Gasteiger partial charge in [0.25, 0.3) is 11.8 Å². The number of ether oxygens (including phenoxy) is 2. The third-order valence-corrected chi connectivity index (χ3v) is 4.28. The average Bonchev–Trinajstić information content (AvgIpc) is 3.12. The highest BCUT2D eigenvalue weighted by molar-refractivity contribution is 7.10. The molecule has 1 aromatic heterocycles. The third-order valence-electron chi connectivity index (χ3n) is 3.46. The zero-order chi connectivity index (χ0) is 20.0. The number of hydrogen-bond donors (Lipinski definition) is 2. The van der Waals surface area contributed by atoms with Crippen molar-refractivity contribution in [1.82, 2.24) is 10.6 Å². The van der Waals surface area contributed by atoms with Crippen molar-refractivity contribution in [2.24, 2.45) is 0 Å². The van der Waals surface area contributed by atoms with Crippen LogP contribution in [0.4, 0.5) is 0 Å². The van der Waals surface area contributed by atoms with Gasteiger partial charge < -0.3 is 20.1 Å². The summed E-state index contributed by atoms with van der Waals surface area (Å²) in [5.41, 5.74) is 0.0973. The molecule has 27 heavy (non-hydrogen) atoms. The van der Waals surface area contributed by atoms with Gasteiger partial charge in [-0.2, -0.15) is 0 Å². The minimum atomic E-state index is -0.431. The summed E-state index contributed by atoms with van der Waals surface area (Å²) in [7, 11) is 3.02. The number of benzene rings is 1. The first kappa shape index (κ1) is 20.5. The Labute approximate surface area is 163 Å². The average molecular weight is 388 g/mol. The van der Waals surface area contributed by atoms with Crippen LogP contribution < -0.4 is 20.1 Å². The summed E-state index contributed by atoms with van der Waals surface area (Å²) in [6.07, 6.45) is 1.66. The molecular formula is C20H24N2O4S. The Bertz CT molecular complexity index is 836. The summed E-state index contributed by atoms with van der Waals surface area (Å²) in [6.45, 7) is 5.64. The smallest absolute Gasteiger partial charge is 0.268 e. The number of thiophene rings is 1. The zero-order valence-electron chi connectivity index (χ0n) is 16.1. The van der Waals surface area contributed by atoms with Gasteiger partial charge in [0.1, 0.15) is 5.70 Å². The highest BCUT2D eigenvalue weighted by Crippen LogP contribution is 2.27. The lowest BCUT2D eigenvalue weighted by Crippen LogP contribution is -2.44. The lowest BCUT2D eigenvalue weighted by atomic mass is 10.1. The minimum absolute atomic E-state index is 0.173. The van der Waals surface area contributed by atoms with E-state index >= 15 is 0 Å². The maximum absolute atomic E-state index is 12.7. The van der Waals surface area contributed by atoms with Crippen LogP contribution in [-0.4, -0.2) is 31.6 Å². The van der Waals surface area contributed by atoms with Crippen molar-refractivity contribution in [2.45, 2.75) is 26.3 Å². The Balaban J connectivity index is 2.29. The topological polar surface area (TPSA) is 76.7 Å². The van der Waals surface area contributed by atoms with E-state index < -0.39 is 11.4 Å². The van der Waals surface area contributed by atoms with Crippen LogP contribution in [0, 0.1) is 0 Å². The molecule has 2 amide bonds. The summed E-state index contributed by atoms with van der Waals surface area (Å²) < 4.78 is 10.4. The standard InChI is InChI=1S/C20H24N2O4S/c1-20(2,3)22-19(24)15(12-14-7-6-10-27-14)21-18(23)13-8-9-16(25-4)17(11-13)26-5/h6-12H,1-5H3,(H,21,23)(H,22,24). The van der Waals surface area contributed by atoms with Crippen LogP contribution >= 0.6 is 11.3 Å². The number of methoxy groups -OCH3 is 2. The Morgan fingerprint density at radius 3 is 2.33 bits per heavy atom. The van der Waals surface area contributed by atoms with E-state index in [1.807, 2.05) is 38.3 Å². The largest absolute Gasteiger partial charge is 0.493 e. The Morgan fingerprint density at radius 2 is 1.78 bits per heavy atom. The van der Waals surface area contributed by atoms with E-state index in [4.69, 9.17) is 9.47 Å². The fraction of sp³-hybridized carbons (Fsp3) is 0.300. The molecule has 2 rings (SSSR count). The molecule has 2 N–H and O–H groups in total. The van der Waals surface area contributed by atoms with Gasteiger partial charge in [-0.05, 0) is 56.5 Å². The quantitative estimate of drug-likeness (QED) is 0.743. The van der Waals surface area contributed by atoms with E-state index in [-0.39, 0.29) is 11.6 Å². The van der Waals surface area contributed by atoms with Crippen LogP contribution in [0.2, 0.25) is 0 Å². The van der Waals surface area contributed by atoms with Crippen molar-refractivity contribution >= 4 is 29.2 Å². The van der Waals surface area contributed by atoms with E-state index in [9.17, 15) is 9.59 Å². The van der Waals surface area contributed by atoms with Gasteiger partial charge >= 0.3 is 0 Å². The molecule has 0 aliphatic carbocycles. The van der Waals surface area contributed by atoms with Crippen molar-refractivity contribution in [3.8, 4) is 11.5 Å². The summed E-state index contributed by atoms with van der Waals surface area (Å²) in [6, 6.07) is 8.58. The van der Waals surface area contributed by atoms with Crippen molar-refractivity contribution in [1.29, 1.82) is 0 Å². The van der Waals surface area contributed by atoms with Crippen LogP contribution in [0.3, 0.4) is 0 Å². The molecular weight excluding hydrogens is 364 g/mol. The molecule has 0 aliphatic rings. The van der Waals surface area contributed by atoms with Gasteiger partial charge in [-0.15, -0.1) is 11.3 Å². The minimum Gasteiger partial charge on any atom is -0.493 e. The molecule has 2 aromatic rings. The van der Waals surface area contributed by atoms with E-state index in [1.54, 1.807) is 24.3 Å². The Hall–Kier alpha value is -2.80. The number of amides is 2. The molecule has 6 nitrogen and oxygen atoms in total. The molecule has 0 atom stereocenters. The monoisotopic (exact) mass is 388 g/mol. The third kappa shape index (κ3) is 5.86. The number of carbonyl (C=O) groups is 2. The lowest BCUT2D eigenvalue weighted by molar-refractivity contribution is -0.119. The van der Waals surface area contributed by atoms with Gasteiger partial charge in [0, 0.05) is 16.0 Å². The highest BCUT2D eigenvalue weighted by atomic mass is 32.1. The molecule has 0 saturated heterocycles. The van der Waals surface area contributed by atoms with Crippen LogP contribution in [0.5, 0.6) is 11.5 Å². The van der Waals surface area contributed by atoms with Crippen molar-refractivity contribution in [3.05, 3.63) is 51.8 Å². The molecule has 0 saturated carbocycles. The maximum atomic E-state index is 12.7. The molecule has 0 aliphatic heterocycles. The van der Waals surface area contributed by atoms with Gasteiger partial charge in [-0.3, -0.25) is 9.59 Å². The second kappa shape index (κ2) is 8.73. The molecule has 1 heterocycles. The normalized spacial score (nSPS) is 11.7. The highest BCUT2D eigenvalue weighted by Gasteiger charge is 2.20. The molecule has 144 valence electrons. The second-order valence-corrected chi connectivity index (χ2v) is 7.78. The number of rotatable bonds is 6. The molecule has 1 aromatic carbocycles. The molecule has 0 bridgehead atoms. The summed E-state index contributed by atoms with van der Waals surface area (Å²) in [5.74, 6) is 0.189. The molecule has 7 heteroatoms. The number of nitrogens with one attached hydrogen (secondary N) is 2. The SMILES string of the molecule is COc1ccc(C(=O)NC(=Cc2cccs2)C(=O)NC(C)(C)C)cc1OC. The molecule has 0 fully saturated rings. The van der Waals surface area contributed by atoms with Crippen LogP contribution in [0.15, 0.2) is 41.4 Å². The summed E-state index contributed by atoms with van der Waals surface area (Å²) in [5, 5.41) is 7.47. The zero-order valence-corrected chi connectivity index (χ0v) is 16.9.